The zero-order valence-corrected chi connectivity index (χ0v) is 7.06. The van der Waals surface area contributed by atoms with Crippen LogP contribution in [0.2, 0.25) is 0 Å². The summed E-state index contributed by atoms with van der Waals surface area (Å²) in [6, 6.07) is 0. The highest BCUT2D eigenvalue weighted by atomic mass is 16.5. The fourth-order valence-corrected chi connectivity index (χ4v) is 1.57. The molecule has 2 N–H and O–H groups in total. The highest BCUT2D eigenvalue weighted by Crippen LogP contribution is 2.25. The van der Waals surface area contributed by atoms with E-state index >= 15 is 0 Å². The van der Waals surface area contributed by atoms with Crippen molar-refractivity contribution < 1.29 is 19.7 Å². The van der Waals surface area contributed by atoms with Gasteiger partial charge in [0.15, 0.2) is 0 Å². The topological polar surface area (TPSA) is 66.8 Å². The van der Waals surface area contributed by atoms with Gasteiger partial charge in [-0.2, -0.15) is 0 Å². The number of carbonyl (C=O) groups excluding carboxylic acids is 1. The second-order valence-corrected chi connectivity index (χ2v) is 3.12. The first-order valence-electron chi connectivity index (χ1n) is 4.10. The van der Waals surface area contributed by atoms with E-state index in [1.165, 1.54) is 7.11 Å². The predicted octanol–water partition coefficient (Wildman–Crippen LogP) is -0.319. The van der Waals surface area contributed by atoms with Crippen LogP contribution in [0.1, 0.15) is 19.3 Å². The molecule has 3 unspecified atom stereocenters. The summed E-state index contributed by atoms with van der Waals surface area (Å²) in [5.74, 6) is -0.972. The van der Waals surface area contributed by atoms with Crippen LogP contribution in [0.3, 0.4) is 0 Å². The van der Waals surface area contributed by atoms with Gasteiger partial charge in [0.2, 0.25) is 0 Å². The summed E-state index contributed by atoms with van der Waals surface area (Å²) in [4.78, 5) is 11.0. The van der Waals surface area contributed by atoms with Gasteiger partial charge in [0.25, 0.3) is 0 Å². The quantitative estimate of drug-likeness (QED) is 0.535. The van der Waals surface area contributed by atoms with Gasteiger partial charge in [-0.15, -0.1) is 0 Å². The highest BCUT2D eigenvalue weighted by molar-refractivity contribution is 5.73. The van der Waals surface area contributed by atoms with Gasteiger partial charge in [0, 0.05) is 0 Å². The Labute approximate surface area is 71.2 Å². The molecule has 0 aromatic carbocycles. The molecule has 0 spiro atoms. The minimum atomic E-state index is -0.953. The Morgan fingerprint density at radius 2 is 2.08 bits per heavy atom. The standard InChI is InChI=1S/C8H14O4/c1-12-8(11)5-3-2-4-6(9)7(5)10/h5-7,9-10H,2-4H2,1H3. The molecule has 0 aromatic rings. The van der Waals surface area contributed by atoms with Gasteiger partial charge in [-0.25, -0.2) is 0 Å². The van der Waals surface area contributed by atoms with Crippen molar-refractivity contribution in [3.63, 3.8) is 0 Å². The lowest BCUT2D eigenvalue weighted by atomic mass is 9.84. The molecule has 0 bridgehead atoms. The number of ether oxygens (including phenoxy) is 1. The Morgan fingerprint density at radius 3 is 2.67 bits per heavy atom. The number of methoxy groups -OCH3 is 1. The minimum Gasteiger partial charge on any atom is -0.469 e. The van der Waals surface area contributed by atoms with Crippen LogP contribution in [0.4, 0.5) is 0 Å². The van der Waals surface area contributed by atoms with Gasteiger partial charge in [-0.3, -0.25) is 4.79 Å². The molecule has 4 heteroatoms. The third-order valence-electron chi connectivity index (χ3n) is 2.33. The Hall–Kier alpha value is -0.610. The van der Waals surface area contributed by atoms with E-state index in [4.69, 9.17) is 0 Å². The molecule has 70 valence electrons. The number of aliphatic hydroxyl groups is 2. The maximum absolute atomic E-state index is 11.0. The van der Waals surface area contributed by atoms with Crippen LogP contribution in [-0.4, -0.2) is 35.5 Å². The normalized spacial score (nSPS) is 36.1. The summed E-state index contributed by atoms with van der Waals surface area (Å²) >= 11 is 0. The smallest absolute Gasteiger partial charge is 0.311 e. The van der Waals surface area contributed by atoms with Crippen molar-refractivity contribution in [1.82, 2.24) is 0 Å². The molecule has 1 aliphatic carbocycles. The molecule has 0 radical (unpaired) electrons. The van der Waals surface area contributed by atoms with Crippen molar-refractivity contribution in [2.45, 2.75) is 31.5 Å². The maximum Gasteiger partial charge on any atom is 0.311 e. The molecular weight excluding hydrogens is 160 g/mol. The maximum atomic E-state index is 11.0. The van der Waals surface area contributed by atoms with Gasteiger partial charge in [-0.1, -0.05) is 0 Å². The van der Waals surface area contributed by atoms with E-state index in [2.05, 4.69) is 4.74 Å². The first-order chi connectivity index (χ1) is 5.66. The van der Waals surface area contributed by atoms with E-state index in [-0.39, 0.29) is 0 Å². The third-order valence-corrected chi connectivity index (χ3v) is 2.33. The van der Waals surface area contributed by atoms with Crippen molar-refractivity contribution in [1.29, 1.82) is 0 Å². The van der Waals surface area contributed by atoms with Crippen LogP contribution >= 0.6 is 0 Å². The lowest BCUT2D eigenvalue weighted by Crippen LogP contribution is -2.41. The third kappa shape index (κ3) is 1.76. The molecule has 0 aromatic heterocycles. The number of carbonyl (C=O) groups is 1. The zero-order valence-electron chi connectivity index (χ0n) is 7.06. The summed E-state index contributed by atoms with van der Waals surface area (Å²) in [7, 11) is 1.29. The fourth-order valence-electron chi connectivity index (χ4n) is 1.57. The first-order valence-corrected chi connectivity index (χ1v) is 4.10. The van der Waals surface area contributed by atoms with Crippen molar-refractivity contribution in [2.24, 2.45) is 5.92 Å². The Balaban J connectivity index is 2.57. The van der Waals surface area contributed by atoms with E-state index in [1.807, 2.05) is 0 Å². The van der Waals surface area contributed by atoms with Gasteiger partial charge in [-0.05, 0) is 19.3 Å². The van der Waals surface area contributed by atoms with Crippen molar-refractivity contribution in [3.05, 3.63) is 0 Å². The number of aliphatic hydroxyl groups excluding tert-OH is 2. The summed E-state index contributed by atoms with van der Waals surface area (Å²) in [6.07, 6.45) is 0.200. The van der Waals surface area contributed by atoms with Crippen LogP contribution < -0.4 is 0 Å². The first kappa shape index (κ1) is 9.48. The molecule has 1 aliphatic rings. The van der Waals surface area contributed by atoms with Gasteiger partial charge in [0.1, 0.15) is 0 Å². The average Bonchev–Trinajstić information content (AvgIpc) is 2.08. The summed E-state index contributed by atoms with van der Waals surface area (Å²) in [6.45, 7) is 0. The van der Waals surface area contributed by atoms with Gasteiger partial charge < -0.3 is 14.9 Å². The largest absolute Gasteiger partial charge is 0.469 e. The molecule has 0 aliphatic heterocycles. The number of rotatable bonds is 1. The monoisotopic (exact) mass is 174 g/mol. The summed E-state index contributed by atoms with van der Waals surface area (Å²) in [5, 5.41) is 18.6. The number of esters is 1. The second kappa shape index (κ2) is 3.87. The van der Waals surface area contributed by atoms with Gasteiger partial charge >= 0.3 is 5.97 Å². The van der Waals surface area contributed by atoms with Crippen molar-refractivity contribution in [3.8, 4) is 0 Å². The number of hydrogen-bond donors (Lipinski definition) is 2. The molecular formula is C8H14O4. The Bertz CT molecular complexity index is 168. The fraction of sp³-hybridized carbons (Fsp3) is 0.875. The minimum absolute atomic E-state index is 0.429. The molecule has 4 nitrogen and oxygen atoms in total. The van der Waals surface area contributed by atoms with Crippen LogP contribution in [0.25, 0.3) is 0 Å². The van der Waals surface area contributed by atoms with Crippen molar-refractivity contribution in [2.75, 3.05) is 7.11 Å². The predicted molar refractivity (Wildman–Crippen MR) is 41.4 cm³/mol. The van der Waals surface area contributed by atoms with Crippen LogP contribution in [-0.2, 0) is 9.53 Å². The van der Waals surface area contributed by atoms with Gasteiger partial charge in [0.05, 0.1) is 25.2 Å². The molecule has 1 fully saturated rings. The molecule has 1 rings (SSSR count). The molecule has 12 heavy (non-hydrogen) atoms. The highest BCUT2D eigenvalue weighted by Gasteiger charge is 2.35. The molecule has 3 atom stereocenters. The van der Waals surface area contributed by atoms with Crippen LogP contribution in [0, 0.1) is 5.92 Å². The Morgan fingerprint density at radius 1 is 1.42 bits per heavy atom. The lowest BCUT2D eigenvalue weighted by molar-refractivity contribution is -0.156. The summed E-state index contributed by atoms with van der Waals surface area (Å²) in [5.41, 5.74) is 0. The SMILES string of the molecule is COC(=O)C1CCCC(O)C1O. The summed E-state index contributed by atoms with van der Waals surface area (Å²) < 4.78 is 4.50. The van der Waals surface area contributed by atoms with Crippen molar-refractivity contribution >= 4 is 5.97 Å². The van der Waals surface area contributed by atoms with E-state index in [0.29, 0.717) is 12.8 Å². The zero-order chi connectivity index (χ0) is 9.14. The van der Waals surface area contributed by atoms with Crippen LogP contribution in [0.15, 0.2) is 0 Å². The number of hydrogen-bond acceptors (Lipinski definition) is 4. The Kier molecular flexibility index (Phi) is 3.05. The van der Waals surface area contributed by atoms with Crippen LogP contribution in [0.5, 0.6) is 0 Å². The molecule has 0 heterocycles. The van der Waals surface area contributed by atoms with E-state index < -0.39 is 24.1 Å². The van der Waals surface area contributed by atoms with E-state index in [0.717, 1.165) is 6.42 Å². The molecule has 0 amide bonds. The molecule has 1 saturated carbocycles. The lowest BCUT2D eigenvalue weighted by Gasteiger charge is -2.29. The average molecular weight is 174 g/mol. The molecule has 0 saturated heterocycles. The van der Waals surface area contributed by atoms with E-state index in [1.54, 1.807) is 0 Å². The second-order valence-electron chi connectivity index (χ2n) is 3.12. The van der Waals surface area contributed by atoms with E-state index in [9.17, 15) is 15.0 Å².